The molecule has 54 heavy (non-hydrogen) atoms. The lowest BCUT2D eigenvalue weighted by atomic mass is 9.74. The highest BCUT2D eigenvalue weighted by molar-refractivity contribution is 8.14. The van der Waals surface area contributed by atoms with Crippen molar-refractivity contribution < 1.29 is 28.8 Å². The Hall–Kier alpha value is -3.61. The van der Waals surface area contributed by atoms with Gasteiger partial charge in [-0.3, -0.25) is 28.8 Å². The van der Waals surface area contributed by atoms with Gasteiger partial charge in [-0.05, 0) is 75.1 Å². The molecular weight excluding hydrogens is 749 g/mol. The number of nitrogens with one attached hydrogen (secondary N) is 4. The van der Waals surface area contributed by atoms with Crippen molar-refractivity contribution >= 4 is 69.6 Å². The third-order valence-electron chi connectivity index (χ3n) is 9.36. The molecule has 296 valence electrons. The van der Waals surface area contributed by atoms with Gasteiger partial charge >= 0.3 is 0 Å². The molecule has 0 saturated carbocycles. The average molecular weight is 805 g/mol. The second-order valence-electron chi connectivity index (χ2n) is 13.8. The van der Waals surface area contributed by atoms with Gasteiger partial charge in [-0.2, -0.15) is 0 Å². The van der Waals surface area contributed by atoms with Crippen molar-refractivity contribution in [3.8, 4) is 0 Å². The number of hydrogen-bond donors (Lipinski definition) is 4. The predicted molar refractivity (Wildman–Crippen MR) is 215 cm³/mol. The lowest BCUT2D eigenvalue weighted by molar-refractivity contribution is -0.144. The number of halogens is 2. The van der Waals surface area contributed by atoms with Gasteiger partial charge in [-0.25, -0.2) is 0 Å². The summed E-state index contributed by atoms with van der Waals surface area (Å²) in [5, 5.41) is 12.3. The number of amides is 5. The van der Waals surface area contributed by atoms with Crippen molar-refractivity contribution in [2.45, 2.75) is 96.9 Å². The van der Waals surface area contributed by atoms with Gasteiger partial charge in [-0.1, -0.05) is 84.2 Å². The predicted octanol–water partition coefficient (Wildman–Crippen LogP) is 5.64. The van der Waals surface area contributed by atoms with Crippen LogP contribution in [-0.4, -0.2) is 84.1 Å². The average Bonchev–Trinajstić information content (AvgIpc) is 3.15. The van der Waals surface area contributed by atoms with E-state index in [4.69, 9.17) is 23.2 Å². The van der Waals surface area contributed by atoms with Crippen LogP contribution < -0.4 is 21.3 Å². The van der Waals surface area contributed by atoms with E-state index in [9.17, 15) is 28.8 Å². The SMILES string of the molecule is CCNC(=O)[C@]1(Cc2ccccc2)CCCN(C(=O)C(Cc2ccc(Cl)c(Cl)c2)NC(=O)CCCCCNC(=O)CCCCCNC(=O)CSC(C)=O)C1. The summed E-state index contributed by atoms with van der Waals surface area (Å²) in [4.78, 5) is 77.6. The molecule has 0 aromatic heterocycles. The summed E-state index contributed by atoms with van der Waals surface area (Å²) in [5.41, 5.74) is 0.980. The van der Waals surface area contributed by atoms with Crippen LogP contribution in [0.5, 0.6) is 0 Å². The molecular formula is C40H55Cl2N5O6S. The molecule has 0 bridgehead atoms. The first-order valence-electron chi connectivity index (χ1n) is 18.9. The van der Waals surface area contributed by atoms with Gasteiger partial charge in [0.15, 0.2) is 5.12 Å². The molecule has 4 N–H and O–H groups in total. The number of hydrogen-bond acceptors (Lipinski definition) is 7. The molecule has 1 saturated heterocycles. The zero-order chi connectivity index (χ0) is 39.3. The van der Waals surface area contributed by atoms with Gasteiger partial charge in [0.2, 0.25) is 29.5 Å². The Labute approximate surface area is 333 Å². The molecule has 0 aliphatic carbocycles. The van der Waals surface area contributed by atoms with Crippen LogP contribution in [0.4, 0.5) is 0 Å². The van der Waals surface area contributed by atoms with Crippen LogP contribution in [0, 0.1) is 5.41 Å². The Kier molecular flexibility index (Phi) is 19.9. The monoisotopic (exact) mass is 803 g/mol. The maximum Gasteiger partial charge on any atom is 0.245 e. The molecule has 1 aliphatic rings. The van der Waals surface area contributed by atoms with Crippen LogP contribution in [-0.2, 0) is 41.6 Å². The fraction of sp³-hybridized carbons (Fsp3) is 0.550. The van der Waals surface area contributed by atoms with E-state index in [2.05, 4.69) is 21.3 Å². The molecule has 1 aliphatic heterocycles. The summed E-state index contributed by atoms with van der Waals surface area (Å²) in [7, 11) is 0. The molecule has 1 heterocycles. The highest BCUT2D eigenvalue weighted by atomic mass is 35.5. The maximum atomic E-state index is 14.2. The van der Waals surface area contributed by atoms with Gasteiger partial charge in [0.1, 0.15) is 6.04 Å². The van der Waals surface area contributed by atoms with E-state index < -0.39 is 11.5 Å². The molecule has 2 aromatic rings. The van der Waals surface area contributed by atoms with Crippen LogP contribution in [0.3, 0.4) is 0 Å². The number of nitrogens with zero attached hydrogens (tertiary/aromatic N) is 1. The minimum absolute atomic E-state index is 0.0315. The van der Waals surface area contributed by atoms with Crippen molar-refractivity contribution in [3.63, 3.8) is 0 Å². The van der Waals surface area contributed by atoms with E-state index in [1.807, 2.05) is 37.3 Å². The Morgan fingerprint density at radius 1 is 0.796 bits per heavy atom. The van der Waals surface area contributed by atoms with E-state index in [-0.39, 0.29) is 59.8 Å². The fourth-order valence-electron chi connectivity index (χ4n) is 6.59. The number of unbranched alkanes of at least 4 members (excludes halogenated alkanes) is 4. The van der Waals surface area contributed by atoms with E-state index in [0.29, 0.717) is 81.2 Å². The third kappa shape index (κ3) is 16.0. The van der Waals surface area contributed by atoms with Crippen LogP contribution >= 0.6 is 35.0 Å². The summed E-state index contributed by atoms with van der Waals surface area (Å²) in [6.45, 7) is 5.55. The number of benzene rings is 2. The summed E-state index contributed by atoms with van der Waals surface area (Å²) in [5.74, 6) is -0.641. The number of rotatable bonds is 22. The lowest BCUT2D eigenvalue weighted by Crippen LogP contribution is -2.58. The highest BCUT2D eigenvalue weighted by Gasteiger charge is 2.44. The molecule has 1 fully saturated rings. The first kappa shape index (κ1) is 44.8. The Morgan fingerprint density at radius 2 is 1.46 bits per heavy atom. The van der Waals surface area contributed by atoms with Crippen LogP contribution in [0.25, 0.3) is 0 Å². The molecule has 2 aromatic carbocycles. The molecule has 0 spiro atoms. The maximum absolute atomic E-state index is 14.2. The zero-order valence-electron chi connectivity index (χ0n) is 31.5. The van der Waals surface area contributed by atoms with Crippen molar-refractivity contribution in [1.82, 2.24) is 26.2 Å². The molecule has 5 amide bonds. The second kappa shape index (κ2) is 24.0. The summed E-state index contributed by atoms with van der Waals surface area (Å²) < 4.78 is 0. The number of carbonyl (C=O) groups is 6. The summed E-state index contributed by atoms with van der Waals surface area (Å²) >= 11 is 13.4. The second-order valence-corrected chi connectivity index (χ2v) is 15.8. The smallest absolute Gasteiger partial charge is 0.245 e. The molecule has 2 atom stereocenters. The molecule has 11 nitrogen and oxygen atoms in total. The molecule has 3 rings (SSSR count). The first-order valence-corrected chi connectivity index (χ1v) is 20.7. The van der Waals surface area contributed by atoms with E-state index >= 15 is 0 Å². The fourth-order valence-corrected chi connectivity index (χ4v) is 7.35. The number of piperidine rings is 1. The van der Waals surface area contributed by atoms with Gasteiger partial charge in [0.05, 0.1) is 21.2 Å². The van der Waals surface area contributed by atoms with Crippen molar-refractivity contribution in [3.05, 3.63) is 69.7 Å². The van der Waals surface area contributed by atoms with Gasteiger partial charge in [0, 0.05) is 58.9 Å². The molecule has 1 unspecified atom stereocenters. The number of carbonyl (C=O) groups excluding carboxylic acids is 6. The molecule has 0 radical (unpaired) electrons. The number of likely N-dealkylation sites (tertiary alicyclic amines) is 1. The van der Waals surface area contributed by atoms with Crippen molar-refractivity contribution in [2.75, 3.05) is 38.5 Å². The van der Waals surface area contributed by atoms with Gasteiger partial charge in [-0.15, -0.1) is 0 Å². The van der Waals surface area contributed by atoms with Crippen molar-refractivity contribution in [2.24, 2.45) is 5.41 Å². The standard InChI is InChI=1S/C40H55Cl2N5O6S/c1-3-43-39(53)40(26-30-14-7-4-8-15-30)20-13-23-47(28-40)38(52)34(25-31-18-19-32(41)33(42)24-31)46-36(50)17-10-6-11-21-44-35(49)16-9-5-12-22-45-37(51)27-54-29(2)48/h4,7-8,14-15,18-19,24,34H,3,5-6,9-13,16-17,20-23,25-28H2,1-2H3,(H,43,53)(H,44,49)(H,45,51)(H,46,50)/t34?,40-/m0/s1. The summed E-state index contributed by atoms with van der Waals surface area (Å²) in [6, 6.07) is 14.1. The van der Waals surface area contributed by atoms with Crippen LogP contribution in [0.1, 0.15) is 89.2 Å². The normalized spacial score (nSPS) is 15.9. The summed E-state index contributed by atoms with van der Waals surface area (Å²) in [6.07, 6.45) is 6.94. The van der Waals surface area contributed by atoms with Gasteiger partial charge < -0.3 is 26.2 Å². The quantitative estimate of drug-likeness (QED) is 0.112. The minimum atomic E-state index is -0.863. The number of thioether (sulfide) groups is 1. The topological polar surface area (TPSA) is 154 Å². The minimum Gasteiger partial charge on any atom is -0.356 e. The highest BCUT2D eigenvalue weighted by Crippen LogP contribution is 2.35. The third-order valence-corrected chi connectivity index (χ3v) is 10.9. The van der Waals surface area contributed by atoms with E-state index in [1.54, 1.807) is 23.1 Å². The zero-order valence-corrected chi connectivity index (χ0v) is 33.8. The Bertz CT molecular complexity index is 1560. The first-order chi connectivity index (χ1) is 25.9. The largest absolute Gasteiger partial charge is 0.356 e. The van der Waals surface area contributed by atoms with Crippen LogP contribution in [0.2, 0.25) is 10.0 Å². The van der Waals surface area contributed by atoms with Crippen molar-refractivity contribution in [1.29, 1.82) is 0 Å². The lowest BCUT2D eigenvalue weighted by Gasteiger charge is -2.43. The Morgan fingerprint density at radius 3 is 2.11 bits per heavy atom. The van der Waals surface area contributed by atoms with Gasteiger partial charge in [0.25, 0.3) is 0 Å². The van der Waals surface area contributed by atoms with Crippen LogP contribution in [0.15, 0.2) is 48.5 Å². The molecule has 14 heteroatoms. The Balaban J connectivity index is 1.49. The van der Waals surface area contributed by atoms with E-state index in [0.717, 1.165) is 42.2 Å². The van der Waals surface area contributed by atoms with E-state index in [1.165, 1.54) is 6.92 Å².